The normalized spacial score (nSPS) is 10.7. The molecule has 1 N–H and O–H groups in total. The van der Waals surface area contributed by atoms with Crippen molar-refractivity contribution in [2.75, 3.05) is 12.4 Å². The summed E-state index contributed by atoms with van der Waals surface area (Å²) in [6.45, 7) is 1.95. The molecular weight excluding hydrogens is 319 g/mol. The Morgan fingerprint density at radius 2 is 1.86 bits per heavy atom. The number of aryl methyl sites for hydroxylation is 1. The van der Waals surface area contributed by atoms with Crippen molar-refractivity contribution in [3.8, 4) is 5.75 Å². The molecule has 0 saturated heterocycles. The van der Waals surface area contributed by atoms with Crippen LogP contribution in [0.1, 0.15) is 5.69 Å². The molecule has 0 aliphatic heterocycles. The van der Waals surface area contributed by atoms with Gasteiger partial charge in [-0.2, -0.15) is 0 Å². The summed E-state index contributed by atoms with van der Waals surface area (Å²) in [4.78, 5) is 4.57. The van der Waals surface area contributed by atoms with E-state index < -0.39 is 0 Å². The molecule has 0 fully saturated rings. The Bertz CT molecular complexity index is 849. The van der Waals surface area contributed by atoms with E-state index in [0.717, 1.165) is 33.7 Å². The zero-order valence-electron chi connectivity index (χ0n) is 12.2. The fourth-order valence-electron chi connectivity index (χ4n) is 2.35. The lowest BCUT2D eigenvalue weighted by atomic mass is 10.1. The van der Waals surface area contributed by atoms with Gasteiger partial charge in [-0.25, -0.2) is 4.98 Å². The molecule has 3 aromatic rings. The fourth-order valence-corrected chi connectivity index (χ4v) is 2.65. The quantitative estimate of drug-likeness (QED) is 0.677. The maximum Gasteiger partial charge on any atom is 0.145 e. The average Bonchev–Trinajstić information content (AvgIpc) is 2.50. The largest absolute Gasteiger partial charge is 0.494 e. The number of anilines is 2. The van der Waals surface area contributed by atoms with Crippen molar-refractivity contribution in [3.05, 3.63) is 58.2 Å². The Labute approximate surface area is 138 Å². The number of nitrogens with one attached hydrogen (secondary N) is 1. The molecular formula is C17H14Cl2N2O. The van der Waals surface area contributed by atoms with Crippen LogP contribution < -0.4 is 10.1 Å². The van der Waals surface area contributed by atoms with Crippen molar-refractivity contribution < 1.29 is 4.74 Å². The smallest absolute Gasteiger partial charge is 0.145 e. The van der Waals surface area contributed by atoms with E-state index in [2.05, 4.69) is 10.3 Å². The van der Waals surface area contributed by atoms with Gasteiger partial charge in [-0.15, -0.1) is 0 Å². The molecule has 3 rings (SSSR count). The number of benzene rings is 2. The van der Waals surface area contributed by atoms with Crippen molar-refractivity contribution >= 4 is 45.5 Å². The molecule has 0 amide bonds. The molecule has 0 radical (unpaired) electrons. The number of fused-ring (bicyclic) bond motifs is 1. The second-order valence-electron chi connectivity index (χ2n) is 4.92. The first-order valence-corrected chi connectivity index (χ1v) is 7.50. The minimum absolute atomic E-state index is 0.513. The van der Waals surface area contributed by atoms with Gasteiger partial charge in [-0.3, -0.25) is 0 Å². The maximum absolute atomic E-state index is 6.07. The number of rotatable bonds is 3. The van der Waals surface area contributed by atoms with Gasteiger partial charge in [0.15, 0.2) is 0 Å². The fraction of sp³-hybridized carbons (Fsp3) is 0.118. The van der Waals surface area contributed by atoms with Crippen molar-refractivity contribution in [2.45, 2.75) is 6.92 Å². The van der Waals surface area contributed by atoms with Crippen LogP contribution in [0.25, 0.3) is 10.9 Å². The highest BCUT2D eigenvalue weighted by Gasteiger charge is 2.09. The highest BCUT2D eigenvalue weighted by molar-refractivity contribution is 6.42. The van der Waals surface area contributed by atoms with Gasteiger partial charge in [0.25, 0.3) is 0 Å². The van der Waals surface area contributed by atoms with E-state index in [9.17, 15) is 0 Å². The molecule has 0 aliphatic rings. The standard InChI is InChI=1S/C17H14Cl2N2O/c1-10-8-15(21-11-6-7-13(18)14(19)9-11)12-4-3-5-16(22-2)17(12)20-10/h3-9H,1-2H3,(H,20,21). The monoisotopic (exact) mass is 332 g/mol. The molecule has 0 unspecified atom stereocenters. The molecule has 1 heterocycles. The molecule has 5 heteroatoms. The SMILES string of the molecule is COc1cccc2c(Nc3ccc(Cl)c(Cl)c3)cc(C)nc12. The number of hydrogen-bond acceptors (Lipinski definition) is 3. The number of pyridine rings is 1. The first-order valence-electron chi connectivity index (χ1n) is 6.75. The van der Waals surface area contributed by atoms with E-state index in [0.29, 0.717) is 10.0 Å². The first kappa shape index (κ1) is 14.9. The molecule has 0 atom stereocenters. The summed E-state index contributed by atoms with van der Waals surface area (Å²) in [5.41, 5.74) is 3.54. The summed E-state index contributed by atoms with van der Waals surface area (Å²) in [6, 6.07) is 13.3. The van der Waals surface area contributed by atoms with Crippen LogP contribution >= 0.6 is 23.2 Å². The number of ether oxygens (including phenoxy) is 1. The zero-order chi connectivity index (χ0) is 15.7. The van der Waals surface area contributed by atoms with Gasteiger partial charge in [0, 0.05) is 22.5 Å². The Morgan fingerprint density at radius 3 is 2.59 bits per heavy atom. The minimum Gasteiger partial charge on any atom is -0.494 e. The van der Waals surface area contributed by atoms with Crippen LogP contribution in [0.5, 0.6) is 5.75 Å². The highest BCUT2D eigenvalue weighted by Crippen LogP contribution is 2.33. The number of halogens is 2. The lowest BCUT2D eigenvalue weighted by molar-refractivity contribution is 0.419. The zero-order valence-corrected chi connectivity index (χ0v) is 13.7. The highest BCUT2D eigenvalue weighted by atomic mass is 35.5. The Balaban J connectivity index is 2.12. The summed E-state index contributed by atoms with van der Waals surface area (Å²) in [5.74, 6) is 0.749. The molecule has 22 heavy (non-hydrogen) atoms. The molecule has 3 nitrogen and oxygen atoms in total. The Morgan fingerprint density at radius 1 is 1.05 bits per heavy atom. The van der Waals surface area contributed by atoms with E-state index in [1.807, 2.05) is 37.3 Å². The molecule has 0 saturated carbocycles. The third kappa shape index (κ3) is 2.82. The van der Waals surface area contributed by atoms with Gasteiger partial charge in [-0.1, -0.05) is 35.3 Å². The summed E-state index contributed by atoms with van der Waals surface area (Å²) in [6.07, 6.45) is 0. The van der Waals surface area contributed by atoms with Gasteiger partial charge in [-0.05, 0) is 37.3 Å². The van der Waals surface area contributed by atoms with Crippen LogP contribution in [0.15, 0.2) is 42.5 Å². The topological polar surface area (TPSA) is 34.1 Å². The molecule has 0 bridgehead atoms. The number of para-hydroxylation sites is 1. The number of nitrogens with zero attached hydrogens (tertiary/aromatic N) is 1. The Hall–Kier alpha value is -1.97. The number of hydrogen-bond donors (Lipinski definition) is 1. The third-order valence-corrected chi connectivity index (χ3v) is 4.09. The predicted molar refractivity (Wildman–Crippen MR) is 92.8 cm³/mol. The second-order valence-corrected chi connectivity index (χ2v) is 5.74. The van der Waals surface area contributed by atoms with E-state index in [1.165, 1.54) is 0 Å². The van der Waals surface area contributed by atoms with Crippen LogP contribution in [-0.4, -0.2) is 12.1 Å². The van der Waals surface area contributed by atoms with Crippen molar-refractivity contribution in [3.63, 3.8) is 0 Å². The van der Waals surface area contributed by atoms with Gasteiger partial charge in [0.05, 0.1) is 17.2 Å². The maximum atomic E-state index is 6.07. The Kier molecular flexibility index (Phi) is 4.10. The van der Waals surface area contributed by atoms with Crippen molar-refractivity contribution in [1.29, 1.82) is 0 Å². The average molecular weight is 333 g/mol. The summed E-state index contributed by atoms with van der Waals surface area (Å²) >= 11 is 12.0. The van der Waals surface area contributed by atoms with Crippen LogP contribution in [-0.2, 0) is 0 Å². The van der Waals surface area contributed by atoms with Crippen molar-refractivity contribution in [1.82, 2.24) is 4.98 Å². The lowest BCUT2D eigenvalue weighted by Gasteiger charge is -2.13. The van der Waals surface area contributed by atoms with Crippen LogP contribution in [0, 0.1) is 6.92 Å². The van der Waals surface area contributed by atoms with Gasteiger partial charge >= 0.3 is 0 Å². The number of methoxy groups -OCH3 is 1. The molecule has 0 spiro atoms. The summed E-state index contributed by atoms with van der Waals surface area (Å²) < 4.78 is 5.39. The van der Waals surface area contributed by atoms with E-state index in [4.69, 9.17) is 27.9 Å². The molecule has 1 aromatic heterocycles. The van der Waals surface area contributed by atoms with Gasteiger partial charge in [0.1, 0.15) is 11.3 Å². The second kappa shape index (κ2) is 6.03. The molecule has 2 aromatic carbocycles. The predicted octanol–water partition coefficient (Wildman–Crippen LogP) is 5.60. The molecule has 0 aliphatic carbocycles. The third-order valence-electron chi connectivity index (χ3n) is 3.35. The number of aromatic nitrogens is 1. The van der Waals surface area contributed by atoms with Crippen LogP contribution in [0.2, 0.25) is 10.0 Å². The van der Waals surface area contributed by atoms with Crippen LogP contribution in [0.4, 0.5) is 11.4 Å². The minimum atomic E-state index is 0.513. The van der Waals surface area contributed by atoms with E-state index in [-0.39, 0.29) is 0 Å². The van der Waals surface area contributed by atoms with Gasteiger partial charge in [0.2, 0.25) is 0 Å². The van der Waals surface area contributed by atoms with Crippen molar-refractivity contribution in [2.24, 2.45) is 0 Å². The lowest BCUT2D eigenvalue weighted by Crippen LogP contribution is -1.96. The van der Waals surface area contributed by atoms with Gasteiger partial charge < -0.3 is 10.1 Å². The first-order chi connectivity index (χ1) is 10.6. The summed E-state index contributed by atoms with van der Waals surface area (Å²) in [7, 11) is 1.64. The van der Waals surface area contributed by atoms with E-state index in [1.54, 1.807) is 19.2 Å². The van der Waals surface area contributed by atoms with Crippen LogP contribution in [0.3, 0.4) is 0 Å². The van der Waals surface area contributed by atoms with E-state index >= 15 is 0 Å². The molecule has 112 valence electrons. The summed E-state index contributed by atoms with van der Waals surface area (Å²) in [5, 5.41) is 5.40.